The molecule has 29 heavy (non-hydrogen) atoms. The molecule has 0 bridgehead atoms. The number of nitrogens with zero attached hydrogens (tertiary/aromatic N) is 1. The van der Waals surface area contributed by atoms with Crippen LogP contribution in [0.15, 0.2) is 60.7 Å². The summed E-state index contributed by atoms with van der Waals surface area (Å²) < 4.78 is 5.77. The fourth-order valence-electron chi connectivity index (χ4n) is 3.98. The van der Waals surface area contributed by atoms with Gasteiger partial charge in [0.15, 0.2) is 0 Å². The van der Waals surface area contributed by atoms with Crippen molar-refractivity contribution >= 4 is 11.9 Å². The Balaban J connectivity index is 1.85. The number of likely N-dealkylation sites (tertiary alicyclic amines) is 1. The largest absolute Gasteiger partial charge is 0.454 e. The van der Waals surface area contributed by atoms with Gasteiger partial charge >= 0.3 is 5.97 Å². The third kappa shape index (κ3) is 5.02. The van der Waals surface area contributed by atoms with Crippen molar-refractivity contribution in [2.45, 2.75) is 51.1 Å². The number of amides is 1. The summed E-state index contributed by atoms with van der Waals surface area (Å²) in [4.78, 5) is 26.3. The van der Waals surface area contributed by atoms with E-state index in [1.807, 2.05) is 43.3 Å². The van der Waals surface area contributed by atoms with Crippen molar-refractivity contribution in [3.63, 3.8) is 0 Å². The zero-order valence-electron chi connectivity index (χ0n) is 16.8. The fourth-order valence-corrected chi connectivity index (χ4v) is 3.98. The number of hydrogen-bond donors (Lipinski definition) is 2. The minimum Gasteiger partial charge on any atom is -0.454 e. The summed E-state index contributed by atoms with van der Waals surface area (Å²) in [6.45, 7) is 4.35. The highest BCUT2D eigenvalue weighted by Gasteiger charge is 2.49. The maximum Gasteiger partial charge on any atom is 0.338 e. The van der Waals surface area contributed by atoms with Crippen LogP contribution in [0.1, 0.15) is 36.2 Å². The van der Waals surface area contributed by atoms with Crippen molar-refractivity contribution < 1.29 is 19.4 Å². The van der Waals surface area contributed by atoms with Crippen molar-refractivity contribution in [2.75, 3.05) is 6.54 Å². The zero-order valence-corrected chi connectivity index (χ0v) is 16.8. The maximum absolute atomic E-state index is 12.7. The van der Waals surface area contributed by atoms with E-state index in [9.17, 15) is 14.7 Å². The molecule has 1 saturated heterocycles. The molecule has 2 aromatic rings. The third-order valence-electron chi connectivity index (χ3n) is 5.40. The second-order valence-corrected chi connectivity index (χ2v) is 7.36. The predicted molar refractivity (Wildman–Crippen MR) is 110 cm³/mol. The van der Waals surface area contributed by atoms with Crippen molar-refractivity contribution in [3.8, 4) is 0 Å². The molecular formula is C23H28N2O4. The van der Waals surface area contributed by atoms with Crippen LogP contribution in [0.5, 0.6) is 0 Å². The summed E-state index contributed by atoms with van der Waals surface area (Å²) in [5, 5.41) is 13.8. The molecule has 154 valence electrons. The standard InChI is InChI=1S/C23H28N2O4/c1-3-19-21(27)22(29-23(28)18-12-8-5-9-13-18)20(14-24-16(2)26)25(19)15-17-10-6-4-7-11-17/h4-13,19-22,27H,3,14-15H2,1-2H3,(H,24,26)/t19-,20-,21-,22-/m1/s1. The van der Waals surface area contributed by atoms with E-state index in [2.05, 4.69) is 10.2 Å². The fraction of sp³-hybridized carbons (Fsp3) is 0.391. The second kappa shape index (κ2) is 9.67. The molecule has 6 nitrogen and oxygen atoms in total. The van der Waals surface area contributed by atoms with Crippen LogP contribution in [0.2, 0.25) is 0 Å². The van der Waals surface area contributed by atoms with Gasteiger partial charge in [0.1, 0.15) is 12.2 Å². The highest BCUT2D eigenvalue weighted by atomic mass is 16.6. The van der Waals surface area contributed by atoms with E-state index >= 15 is 0 Å². The number of nitrogens with one attached hydrogen (secondary N) is 1. The quantitative estimate of drug-likeness (QED) is 0.703. The van der Waals surface area contributed by atoms with Gasteiger partial charge in [0, 0.05) is 26.1 Å². The maximum atomic E-state index is 12.7. The summed E-state index contributed by atoms with van der Waals surface area (Å²) in [6, 6.07) is 18.2. The van der Waals surface area contributed by atoms with Crippen LogP contribution >= 0.6 is 0 Å². The summed E-state index contributed by atoms with van der Waals surface area (Å²) >= 11 is 0. The van der Waals surface area contributed by atoms with Gasteiger partial charge in [-0.15, -0.1) is 0 Å². The lowest BCUT2D eigenvalue weighted by Crippen LogP contribution is -2.47. The van der Waals surface area contributed by atoms with E-state index in [0.717, 1.165) is 5.56 Å². The van der Waals surface area contributed by atoms with Crippen molar-refractivity contribution in [3.05, 3.63) is 71.8 Å². The molecule has 1 heterocycles. The first kappa shape index (κ1) is 21.0. The average molecular weight is 396 g/mol. The van der Waals surface area contributed by atoms with E-state index in [0.29, 0.717) is 25.1 Å². The summed E-state index contributed by atoms with van der Waals surface area (Å²) in [5.41, 5.74) is 1.54. The van der Waals surface area contributed by atoms with Crippen molar-refractivity contribution in [1.29, 1.82) is 0 Å². The molecule has 4 atom stereocenters. The van der Waals surface area contributed by atoms with E-state index in [1.54, 1.807) is 24.3 Å². The van der Waals surface area contributed by atoms with Crippen LogP contribution in [0.4, 0.5) is 0 Å². The Labute approximate surface area is 171 Å². The molecule has 0 spiro atoms. The molecule has 1 fully saturated rings. The SMILES string of the molecule is CC[C@@H]1[C@@H](O)[C@H](OC(=O)c2ccccc2)[C@@H](CNC(C)=O)N1Cc1ccccc1. The van der Waals surface area contributed by atoms with E-state index in [1.165, 1.54) is 6.92 Å². The number of carbonyl (C=O) groups excluding carboxylic acids is 2. The zero-order chi connectivity index (χ0) is 20.8. The van der Waals surface area contributed by atoms with Crippen molar-refractivity contribution in [2.24, 2.45) is 0 Å². The summed E-state index contributed by atoms with van der Waals surface area (Å²) in [5.74, 6) is -0.633. The van der Waals surface area contributed by atoms with Gasteiger partial charge in [-0.2, -0.15) is 0 Å². The highest BCUT2D eigenvalue weighted by Crippen LogP contribution is 2.31. The molecule has 3 rings (SSSR count). The smallest absolute Gasteiger partial charge is 0.338 e. The molecule has 1 aliphatic heterocycles. The van der Waals surface area contributed by atoms with Crippen molar-refractivity contribution in [1.82, 2.24) is 10.2 Å². The molecular weight excluding hydrogens is 368 g/mol. The van der Waals surface area contributed by atoms with Crippen LogP contribution in [-0.2, 0) is 16.1 Å². The Morgan fingerprint density at radius 1 is 1.03 bits per heavy atom. The molecule has 0 radical (unpaired) electrons. The van der Waals surface area contributed by atoms with Gasteiger partial charge in [0.2, 0.25) is 5.91 Å². The Morgan fingerprint density at radius 3 is 2.24 bits per heavy atom. The summed E-state index contributed by atoms with van der Waals surface area (Å²) in [6.07, 6.45) is -0.873. The molecule has 1 amide bonds. The molecule has 0 saturated carbocycles. The first-order valence-corrected chi connectivity index (χ1v) is 9.99. The number of benzene rings is 2. The van der Waals surface area contributed by atoms with Gasteiger partial charge in [0.25, 0.3) is 0 Å². The topological polar surface area (TPSA) is 78.9 Å². The van der Waals surface area contributed by atoms with Gasteiger partial charge < -0.3 is 15.2 Å². The molecule has 0 aromatic heterocycles. The molecule has 2 aromatic carbocycles. The Morgan fingerprint density at radius 2 is 1.66 bits per heavy atom. The summed E-state index contributed by atoms with van der Waals surface area (Å²) in [7, 11) is 0. The number of aliphatic hydroxyl groups is 1. The number of rotatable bonds is 7. The number of ether oxygens (including phenoxy) is 1. The lowest BCUT2D eigenvalue weighted by Gasteiger charge is -2.30. The third-order valence-corrected chi connectivity index (χ3v) is 5.40. The van der Waals surface area contributed by atoms with E-state index in [4.69, 9.17) is 4.74 Å². The minimum atomic E-state index is -0.838. The van der Waals surface area contributed by atoms with Gasteiger partial charge in [-0.25, -0.2) is 4.79 Å². The molecule has 6 heteroatoms. The monoisotopic (exact) mass is 396 g/mol. The number of aliphatic hydroxyl groups excluding tert-OH is 1. The number of esters is 1. The first-order chi connectivity index (χ1) is 14.0. The van der Waals surface area contributed by atoms with E-state index in [-0.39, 0.29) is 18.0 Å². The number of carbonyl (C=O) groups is 2. The molecule has 0 unspecified atom stereocenters. The van der Waals surface area contributed by atoms with Crippen LogP contribution in [-0.4, -0.2) is 52.7 Å². The first-order valence-electron chi connectivity index (χ1n) is 9.99. The Bertz CT molecular complexity index is 812. The lowest BCUT2D eigenvalue weighted by atomic mass is 10.1. The van der Waals surface area contributed by atoms with Gasteiger partial charge in [0.05, 0.1) is 11.6 Å². The normalized spacial score (nSPS) is 24.2. The highest BCUT2D eigenvalue weighted by molar-refractivity contribution is 5.89. The molecule has 2 N–H and O–H groups in total. The average Bonchev–Trinajstić information content (AvgIpc) is 2.97. The Kier molecular flexibility index (Phi) is 7.01. The number of hydrogen-bond acceptors (Lipinski definition) is 5. The van der Waals surface area contributed by atoms with Crippen LogP contribution in [0, 0.1) is 0 Å². The second-order valence-electron chi connectivity index (χ2n) is 7.36. The van der Waals surface area contributed by atoms with Crippen LogP contribution in [0.25, 0.3) is 0 Å². The van der Waals surface area contributed by atoms with E-state index < -0.39 is 18.2 Å². The molecule has 0 aliphatic carbocycles. The van der Waals surface area contributed by atoms with Gasteiger partial charge in [-0.3, -0.25) is 9.69 Å². The molecule has 1 aliphatic rings. The van der Waals surface area contributed by atoms with Gasteiger partial charge in [-0.1, -0.05) is 55.5 Å². The Hall–Kier alpha value is -2.70. The minimum absolute atomic E-state index is 0.160. The van der Waals surface area contributed by atoms with Crippen LogP contribution in [0.3, 0.4) is 0 Å². The van der Waals surface area contributed by atoms with Crippen LogP contribution < -0.4 is 5.32 Å². The van der Waals surface area contributed by atoms with Gasteiger partial charge in [-0.05, 0) is 24.1 Å². The lowest BCUT2D eigenvalue weighted by molar-refractivity contribution is -0.119. The predicted octanol–water partition coefficient (Wildman–Crippen LogP) is 2.37.